The molecule has 1 aliphatic heterocycles. The van der Waals surface area contributed by atoms with Gasteiger partial charge in [-0.2, -0.15) is 0 Å². The van der Waals surface area contributed by atoms with Crippen molar-refractivity contribution >= 4 is 5.97 Å². The van der Waals surface area contributed by atoms with Crippen LogP contribution in [0.3, 0.4) is 0 Å². The molecule has 1 aliphatic carbocycles. The first-order chi connectivity index (χ1) is 13.0. The van der Waals surface area contributed by atoms with Crippen molar-refractivity contribution < 1.29 is 23.7 Å². The molecule has 0 aromatic heterocycles. The van der Waals surface area contributed by atoms with Crippen LogP contribution in [0.1, 0.15) is 51.9 Å². The highest BCUT2D eigenvalue weighted by Crippen LogP contribution is 2.51. The van der Waals surface area contributed by atoms with Crippen LogP contribution in [0.25, 0.3) is 0 Å². The van der Waals surface area contributed by atoms with Gasteiger partial charge in [0.15, 0.2) is 6.29 Å². The topological polar surface area (TPSA) is 54.0 Å². The lowest BCUT2D eigenvalue weighted by Gasteiger charge is -2.39. The van der Waals surface area contributed by atoms with Crippen molar-refractivity contribution in [3.63, 3.8) is 0 Å². The van der Waals surface area contributed by atoms with E-state index in [0.29, 0.717) is 24.7 Å². The fourth-order valence-corrected chi connectivity index (χ4v) is 4.07. The summed E-state index contributed by atoms with van der Waals surface area (Å²) in [7, 11) is 1.66. The van der Waals surface area contributed by atoms with E-state index in [2.05, 4.69) is 6.92 Å². The third kappa shape index (κ3) is 4.36. The first kappa shape index (κ1) is 19.9. The van der Waals surface area contributed by atoms with Crippen LogP contribution >= 0.6 is 0 Å². The number of carbonyl (C=O) groups is 1. The molecule has 4 atom stereocenters. The zero-order chi connectivity index (χ0) is 19.4. The molecule has 0 spiro atoms. The zero-order valence-electron chi connectivity index (χ0n) is 16.7. The first-order valence-corrected chi connectivity index (χ1v) is 9.71. The van der Waals surface area contributed by atoms with Crippen LogP contribution in [-0.4, -0.2) is 32.4 Å². The van der Waals surface area contributed by atoms with Gasteiger partial charge in [0.05, 0.1) is 26.4 Å². The maximum atomic E-state index is 11.8. The van der Waals surface area contributed by atoms with E-state index in [-0.39, 0.29) is 23.8 Å². The SMILES string of the molecule is CCOC(=O)/C(C)=C\C[C@]1(C)CC[C@H]2O[C@@H](c3ccc(OC)cc3)OC[C@H]21. The predicted octanol–water partition coefficient (Wildman–Crippen LogP) is 4.43. The largest absolute Gasteiger partial charge is 0.497 e. The van der Waals surface area contributed by atoms with Crippen LogP contribution in [0.5, 0.6) is 5.75 Å². The van der Waals surface area contributed by atoms with Crippen LogP contribution in [-0.2, 0) is 19.0 Å². The lowest BCUT2D eigenvalue weighted by Crippen LogP contribution is -2.39. The van der Waals surface area contributed by atoms with Gasteiger partial charge >= 0.3 is 5.97 Å². The van der Waals surface area contributed by atoms with Crippen LogP contribution in [0.2, 0.25) is 0 Å². The van der Waals surface area contributed by atoms with Crippen molar-refractivity contribution in [2.24, 2.45) is 11.3 Å². The molecule has 0 radical (unpaired) electrons. The molecule has 1 aromatic carbocycles. The summed E-state index contributed by atoms with van der Waals surface area (Å²) in [6.45, 7) is 6.99. The molecule has 148 valence electrons. The van der Waals surface area contributed by atoms with Gasteiger partial charge in [0.25, 0.3) is 0 Å². The van der Waals surface area contributed by atoms with E-state index in [1.165, 1.54) is 0 Å². The third-order valence-electron chi connectivity index (χ3n) is 5.93. The predicted molar refractivity (Wildman–Crippen MR) is 102 cm³/mol. The average Bonchev–Trinajstić information content (AvgIpc) is 3.03. The summed E-state index contributed by atoms with van der Waals surface area (Å²) < 4.78 is 22.6. The Kier molecular flexibility index (Phi) is 6.22. The lowest BCUT2D eigenvalue weighted by atomic mass is 9.76. The highest BCUT2D eigenvalue weighted by atomic mass is 16.7. The minimum Gasteiger partial charge on any atom is -0.497 e. The van der Waals surface area contributed by atoms with Crippen LogP contribution in [0.4, 0.5) is 0 Å². The van der Waals surface area contributed by atoms with Crippen molar-refractivity contribution in [2.75, 3.05) is 20.3 Å². The summed E-state index contributed by atoms with van der Waals surface area (Å²) in [5.41, 5.74) is 1.76. The Morgan fingerprint density at radius 3 is 2.74 bits per heavy atom. The normalized spacial score (nSPS) is 30.7. The maximum absolute atomic E-state index is 11.8. The van der Waals surface area contributed by atoms with Crippen molar-refractivity contribution in [1.82, 2.24) is 0 Å². The van der Waals surface area contributed by atoms with Crippen molar-refractivity contribution in [3.8, 4) is 5.75 Å². The molecule has 0 unspecified atom stereocenters. The number of methoxy groups -OCH3 is 1. The summed E-state index contributed by atoms with van der Waals surface area (Å²) in [5, 5.41) is 0. The Hall–Kier alpha value is -1.85. The van der Waals surface area contributed by atoms with E-state index in [1.54, 1.807) is 7.11 Å². The third-order valence-corrected chi connectivity index (χ3v) is 5.93. The molecule has 1 heterocycles. The number of hydrogen-bond donors (Lipinski definition) is 0. The quantitative estimate of drug-likeness (QED) is 0.545. The molecule has 0 N–H and O–H groups in total. The van der Waals surface area contributed by atoms with Gasteiger partial charge in [0.1, 0.15) is 5.75 Å². The number of esters is 1. The van der Waals surface area contributed by atoms with E-state index in [1.807, 2.05) is 44.2 Å². The van der Waals surface area contributed by atoms with E-state index in [4.69, 9.17) is 18.9 Å². The number of benzene rings is 1. The van der Waals surface area contributed by atoms with Gasteiger partial charge in [-0.25, -0.2) is 4.79 Å². The number of fused-ring (bicyclic) bond motifs is 1. The molecule has 1 aromatic rings. The Morgan fingerprint density at radius 2 is 2.07 bits per heavy atom. The van der Waals surface area contributed by atoms with Gasteiger partial charge in [0.2, 0.25) is 0 Å². The van der Waals surface area contributed by atoms with E-state index in [9.17, 15) is 4.79 Å². The van der Waals surface area contributed by atoms with Gasteiger partial charge in [0, 0.05) is 17.1 Å². The molecule has 5 heteroatoms. The number of allylic oxidation sites excluding steroid dienone is 1. The summed E-state index contributed by atoms with van der Waals surface area (Å²) in [5.74, 6) is 0.925. The zero-order valence-corrected chi connectivity index (χ0v) is 16.7. The molecular weight excluding hydrogens is 344 g/mol. The second kappa shape index (κ2) is 8.44. The fourth-order valence-electron chi connectivity index (χ4n) is 4.07. The van der Waals surface area contributed by atoms with Crippen LogP contribution < -0.4 is 4.74 Å². The average molecular weight is 374 g/mol. The molecule has 3 rings (SSSR count). The monoisotopic (exact) mass is 374 g/mol. The van der Waals surface area contributed by atoms with Gasteiger partial charge < -0.3 is 18.9 Å². The highest BCUT2D eigenvalue weighted by Gasteiger charge is 2.48. The van der Waals surface area contributed by atoms with E-state index >= 15 is 0 Å². The number of hydrogen-bond acceptors (Lipinski definition) is 5. The number of carbonyl (C=O) groups excluding carboxylic acids is 1. The van der Waals surface area contributed by atoms with Crippen molar-refractivity contribution in [3.05, 3.63) is 41.5 Å². The van der Waals surface area contributed by atoms with Crippen LogP contribution in [0.15, 0.2) is 35.9 Å². The number of ether oxygens (including phenoxy) is 4. The molecule has 1 saturated carbocycles. The molecule has 1 saturated heterocycles. The van der Waals surface area contributed by atoms with Crippen LogP contribution in [0, 0.1) is 11.3 Å². The number of rotatable bonds is 6. The Bertz CT molecular complexity index is 680. The fraction of sp³-hybridized carbons (Fsp3) is 0.591. The molecule has 2 fully saturated rings. The van der Waals surface area contributed by atoms with Gasteiger partial charge in [-0.1, -0.05) is 25.1 Å². The minimum absolute atomic E-state index is 0.0727. The highest BCUT2D eigenvalue weighted by molar-refractivity contribution is 5.87. The van der Waals surface area contributed by atoms with Crippen molar-refractivity contribution in [2.45, 2.75) is 52.4 Å². The minimum atomic E-state index is -0.323. The van der Waals surface area contributed by atoms with E-state index in [0.717, 1.165) is 30.6 Å². The summed E-state index contributed by atoms with van der Waals surface area (Å²) in [6, 6.07) is 7.83. The summed E-state index contributed by atoms with van der Waals surface area (Å²) >= 11 is 0. The Balaban J connectivity index is 1.62. The maximum Gasteiger partial charge on any atom is 0.333 e. The standard InChI is InChI=1S/C22H30O5/c1-5-25-20(23)15(2)10-12-22(3)13-11-19-18(22)14-26-21(27-19)16-6-8-17(24-4)9-7-16/h6-10,18-19,21H,5,11-14H2,1-4H3/b15-10-/t18-,19-,21+,22-/m1/s1. The van der Waals surface area contributed by atoms with E-state index < -0.39 is 0 Å². The first-order valence-electron chi connectivity index (χ1n) is 9.71. The molecule has 2 aliphatic rings. The second-order valence-electron chi connectivity index (χ2n) is 7.72. The Labute approximate surface area is 161 Å². The molecular formula is C22H30O5. The Morgan fingerprint density at radius 1 is 1.33 bits per heavy atom. The van der Waals surface area contributed by atoms with Gasteiger partial charge in [-0.3, -0.25) is 0 Å². The van der Waals surface area contributed by atoms with Gasteiger partial charge in [-0.05, 0) is 50.7 Å². The summed E-state index contributed by atoms with van der Waals surface area (Å²) in [6.07, 6.45) is 4.79. The summed E-state index contributed by atoms with van der Waals surface area (Å²) in [4.78, 5) is 11.8. The molecule has 0 bridgehead atoms. The second-order valence-corrected chi connectivity index (χ2v) is 7.72. The van der Waals surface area contributed by atoms with Gasteiger partial charge in [-0.15, -0.1) is 0 Å². The molecule has 0 amide bonds. The van der Waals surface area contributed by atoms with Crippen molar-refractivity contribution in [1.29, 1.82) is 0 Å². The molecule has 27 heavy (non-hydrogen) atoms. The lowest BCUT2D eigenvalue weighted by molar-refractivity contribution is -0.243. The molecule has 5 nitrogen and oxygen atoms in total. The smallest absolute Gasteiger partial charge is 0.333 e.